The number of thioether (sulfide) groups is 1. The van der Waals surface area contributed by atoms with E-state index in [2.05, 4.69) is 11.8 Å². The van der Waals surface area contributed by atoms with Gasteiger partial charge in [0.2, 0.25) is 0 Å². The lowest BCUT2D eigenvalue weighted by atomic mass is 9.97. The van der Waals surface area contributed by atoms with Gasteiger partial charge in [0.15, 0.2) is 0 Å². The molecule has 2 aliphatic carbocycles. The standard InChI is InChI=1S/C18H34O2S/c1-19-15-11-7-3-5-9-13-17(15)21-18-14-10-6-4-8-12-16(18)20-2/h15-18H,3-14H2,1-2H3. The van der Waals surface area contributed by atoms with E-state index in [0.717, 1.165) is 0 Å². The first kappa shape index (κ1) is 17.6. The summed E-state index contributed by atoms with van der Waals surface area (Å²) in [6.07, 6.45) is 17.1. The van der Waals surface area contributed by atoms with E-state index in [4.69, 9.17) is 9.47 Å². The summed E-state index contributed by atoms with van der Waals surface area (Å²) in [4.78, 5) is 0. The van der Waals surface area contributed by atoms with E-state index in [9.17, 15) is 0 Å². The number of ether oxygens (including phenoxy) is 2. The Hall–Kier alpha value is 0.270. The molecule has 0 amide bonds. The minimum absolute atomic E-state index is 0.457. The summed E-state index contributed by atoms with van der Waals surface area (Å²) >= 11 is 2.20. The van der Waals surface area contributed by atoms with E-state index in [1.165, 1.54) is 77.0 Å². The van der Waals surface area contributed by atoms with E-state index < -0.39 is 0 Å². The number of hydrogen-bond donors (Lipinski definition) is 0. The molecule has 2 aliphatic rings. The van der Waals surface area contributed by atoms with Crippen molar-refractivity contribution in [3.8, 4) is 0 Å². The Morgan fingerprint density at radius 2 is 0.952 bits per heavy atom. The van der Waals surface area contributed by atoms with E-state index in [0.29, 0.717) is 22.7 Å². The molecule has 4 unspecified atom stereocenters. The molecule has 2 saturated carbocycles. The maximum absolute atomic E-state index is 5.84. The maximum atomic E-state index is 5.84. The first-order valence-corrected chi connectivity index (χ1v) is 10.0. The molecular weight excluding hydrogens is 280 g/mol. The predicted octanol–water partition coefficient (Wildman–Crippen LogP) is 5.20. The van der Waals surface area contributed by atoms with Crippen molar-refractivity contribution in [3.63, 3.8) is 0 Å². The third-order valence-corrected chi connectivity index (χ3v) is 7.02. The maximum Gasteiger partial charge on any atom is 0.0689 e. The lowest BCUT2D eigenvalue weighted by Crippen LogP contribution is -2.34. The third kappa shape index (κ3) is 5.76. The molecule has 0 radical (unpaired) electrons. The third-order valence-electron chi connectivity index (χ3n) is 5.24. The second-order valence-corrected chi connectivity index (χ2v) is 8.23. The monoisotopic (exact) mass is 314 g/mol. The minimum atomic E-state index is 0.457. The highest BCUT2D eigenvalue weighted by molar-refractivity contribution is 8.00. The van der Waals surface area contributed by atoms with Gasteiger partial charge in [-0.3, -0.25) is 0 Å². The topological polar surface area (TPSA) is 18.5 Å². The Labute approximate surface area is 135 Å². The van der Waals surface area contributed by atoms with Crippen molar-refractivity contribution in [1.82, 2.24) is 0 Å². The van der Waals surface area contributed by atoms with Crippen LogP contribution in [0.4, 0.5) is 0 Å². The largest absolute Gasteiger partial charge is 0.380 e. The Morgan fingerprint density at radius 1 is 0.571 bits per heavy atom. The fourth-order valence-electron chi connectivity index (χ4n) is 3.91. The van der Waals surface area contributed by atoms with E-state index in [-0.39, 0.29) is 0 Å². The lowest BCUT2D eigenvalue weighted by Gasteiger charge is -2.34. The molecule has 2 fully saturated rings. The van der Waals surface area contributed by atoms with Crippen molar-refractivity contribution in [3.05, 3.63) is 0 Å². The Bertz CT molecular complexity index is 246. The van der Waals surface area contributed by atoms with Crippen LogP contribution >= 0.6 is 11.8 Å². The van der Waals surface area contributed by atoms with Gasteiger partial charge >= 0.3 is 0 Å². The van der Waals surface area contributed by atoms with E-state index >= 15 is 0 Å². The van der Waals surface area contributed by atoms with Crippen LogP contribution in [0.2, 0.25) is 0 Å². The van der Waals surface area contributed by atoms with Gasteiger partial charge in [0.1, 0.15) is 0 Å². The van der Waals surface area contributed by atoms with Crippen LogP contribution in [0.15, 0.2) is 0 Å². The molecule has 0 spiro atoms. The molecule has 0 N–H and O–H groups in total. The summed E-state index contributed by atoms with van der Waals surface area (Å²) < 4.78 is 11.7. The molecule has 4 atom stereocenters. The van der Waals surface area contributed by atoms with Crippen LogP contribution in [-0.2, 0) is 9.47 Å². The molecular formula is C18H34O2S. The van der Waals surface area contributed by atoms with E-state index in [1.54, 1.807) is 0 Å². The van der Waals surface area contributed by atoms with Crippen molar-refractivity contribution in [2.45, 2.75) is 99.8 Å². The van der Waals surface area contributed by atoms with Crippen molar-refractivity contribution < 1.29 is 9.47 Å². The van der Waals surface area contributed by atoms with Gasteiger partial charge in [0, 0.05) is 24.7 Å². The van der Waals surface area contributed by atoms with Gasteiger partial charge in [-0.25, -0.2) is 0 Å². The summed E-state index contributed by atoms with van der Waals surface area (Å²) in [5.41, 5.74) is 0. The quantitative estimate of drug-likeness (QED) is 0.711. The highest BCUT2D eigenvalue weighted by Gasteiger charge is 2.30. The van der Waals surface area contributed by atoms with Gasteiger partial charge in [-0.1, -0.05) is 51.4 Å². The fourth-order valence-corrected chi connectivity index (χ4v) is 5.81. The number of methoxy groups -OCH3 is 2. The molecule has 0 aliphatic heterocycles. The normalized spacial score (nSPS) is 36.3. The minimum Gasteiger partial charge on any atom is -0.380 e. The summed E-state index contributed by atoms with van der Waals surface area (Å²) in [6.45, 7) is 0. The molecule has 21 heavy (non-hydrogen) atoms. The van der Waals surface area contributed by atoms with Crippen LogP contribution in [0.25, 0.3) is 0 Å². The SMILES string of the molecule is COC1CCCCCCC1SC1CCCCCCC1OC. The zero-order chi connectivity index (χ0) is 14.9. The molecule has 0 aromatic rings. The second-order valence-electron chi connectivity index (χ2n) is 6.74. The molecule has 0 saturated heterocycles. The molecule has 2 nitrogen and oxygen atoms in total. The van der Waals surface area contributed by atoms with Gasteiger partial charge in [-0.05, 0) is 25.7 Å². The molecule has 0 aromatic carbocycles. The number of hydrogen-bond acceptors (Lipinski definition) is 3. The van der Waals surface area contributed by atoms with Gasteiger partial charge in [-0.2, -0.15) is 0 Å². The lowest BCUT2D eigenvalue weighted by molar-refractivity contribution is 0.0774. The molecule has 0 aromatic heterocycles. The zero-order valence-electron chi connectivity index (χ0n) is 14.0. The Balaban J connectivity index is 1.96. The zero-order valence-corrected chi connectivity index (χ0v) is 14.8. The molecule has 0 heterocycles. The molecule has 3 heteroatoms. The van der Waals surface area contributed by atoms with Crippen LogP contribution in [0, 0.1) is 0 Å². The molecule has 124 valence electrons. The van der Waals surface area contributed by atoms with Crippen LogP contribution in [0.3, 0.4) is 0 Å². The van der Waals surface area contributed by atoms with Crippen LogP contribution in [0.5, 0.6) is 0 Å². The van der Waals surface area contributed by atoms with Crippen molar-refractivity contribution in [2.24, 2.45) is 0 Å². The molecule has 0 bridgehead atoms. The van der Waals surface area contributed by atoms with E-state index in [1.807, 2.05) is 14.2 Å². The summed E-state index contributed by atoms with van der Waals surface area (Å²) in [5.74, 6) is 0. The highest BCUT2D eigenvalue weighted by Crippen LogP contribution is 2.37. The first-order chi connectivity index (χ1) is 10.3. The summed E-state index contributed by atoms with van der Waals surface area (Å²) in [6, 6.07) is 0. The summed E-state index contributed by atoms with van der Waals surface area (Å²) in [7, 11) is 3.82. The average Bonchev–Trinajstić information content (AvgIpc) is 2.45. The van der Waals surface area contributed by atoms with Crippen LogP contribution in [0.1, 0.15) is 77.0 Å². The van der Waals surface area contributed by atoms with Gasteiger partial charge < -0.3 is 9.47 Å². The molecule has 2 rings (SSSR count). The first-order valence-electron chi connectivity index (χ1n) is 9.06. The van der Waals surface area contributed by atoms with Crippen molar-refractivity contribution in [1.29, 1.82) is 0 Å². The Kier molecular flexibility index (Phi) is 8.49. The smallest absolute Gasteiger partial charge is 0.0689 e. The predicted molar refractivity (Wildman–Crippen MR) is 92.2 cm³/mol. The van der Waals surface area contributed by atoms with Gasteiger partial charge in [0.05, 0.1) is 12.2 Å². The highest BCUT2D eigenvalue weighted by atomic mass is 32.2. The Morgan fingerprint density at radius 3 is 1.33 bits per heavy atom. The van der Waals surface area contributed by atoms with Crippen LogP contribution in [-0.4, -0.2) is 36.9 Å². The average molecular weight is 315 g/mol. The fraction of sp³-hybridized carbons (Fsp3) is 1.00. The second kappa shape index (κ2) is 10.1. The van der Waals surface area contributed by atoms with Gasteiger partial charge in [-0.15, -0.1) is 11.8 Å². The van der Waals surface area contributed by atoms with Crippen LogP contribution < -0.4 is 0 Å². The van der Waals surface area contributed by atoms with Crippen molar-refractivity contribution >= 4 is 11.8 Å². The summed E-state index contributed by atoms with van der Waals surface area (Å²) in [5, 5.41) is 1.36. The van der Waals surface area contributed by atoms with Gasteiger partial charge in [0.25, 0.3) is 0 Å². The van der Waals surface area contributed by atoms with Crippen molar-refractivity contribution in [2.75, 3.05) is 14.2 Å². The number of rotatable bonds is 4.